The zero-order chi connectivity index (χ0) is 24.6. The van der Waals surface area contributed by atoms with E-state index in [1.807, 2.05) is 48.2 Å². The molecule has 35 heavy (non-hydrogen) atoms. The Bertz CT molecular complexity index is 1200. The van der Waals surface area contributed by atoms with Crippen LogP contribution in [0.5, 0.6) is 5.75 Å². The summed E-state index contributed by atoms with van der Waals surface area (Å²) in [6, 6.07) is 23.3. The van der Waals surface area contributed by atoms with Gasteiger partial charge in [-0.2, -0.15) is 0 Å². The van der Waals surface area contributed by atoms with E-state index in [0.29, 0.717) is 29.2 Å². The fraction of sp³-hybridized carbons (Fsp3) is 0.222. The first-order valence-corrected chi connectivity index (χ1v) is 11.6. The monoisotopic (exact) mass is 472 g/mol. The Labute approximate surface area is 204 Å². The van der Waals surface area contributed by atoms with Crippen LogP contribution < -0.4 is 25.6 Å². The van der Waals surface area contributed by atoms with Crippen LogP contribution in [0.2, 0.25) is 0 Å². The van der Waals surface area contributed by atoms with Crippen molar-refractivity contribution in [3.63, 3.8) is 0 Å². The molecule has 0 aromatic heterocycles. The maximum absolute atomic E-state index is 13.0. The number of ether oxygens (including phenoxy) is 1. The highest BCUT2D eigenvalue weighted by Gasteiger charge is 2.31. The molecule has 0 bridgehead atoms. The summed E-state index contributed by atoms with van der Waals surface area (Å²) in [5.74, 6) is -0.300. The van der Waals surface area contributed by atoms with Crippen LogP contribution in [0.25, 0.3) is 0 Å². The number of carbonyl (C=O) groups excluding carboxylic acids is 3. The molecule has 3 N–H and O–H groups in total. The van der Waals surface area contributed by atoms with Crippen LogP contribution in [0.4, 0.5) is 17.1 Å². The van der Waals surface area contributed by atoms with Gasteiger partial charge in [0.15, 0.2) is 6.10 Å². The zero-order valence-corrected chi connectivity index (χ0v) is 19.5. The van der Waals surface area contributed by atoms with Gasteiger partial charge in [-0.25, -0.2) is 0 Å². The van der Waals surface area contributed by atoms with Crippen molar-refractivity contribution in [2.75, 3.05) is 35.2 Å². The highest BCUT2D eigenvalue weighted by Crippen LogP contribution is 2.33. The maximum Gasteiger partial charge on any atom is 0.262 e. The van der Waals surface area contributed by atoms with Crippen LogP contribution in [0, 0.1) is 0 Å². The fourth-order valence-corrected chi connectivity index (χ4v) is 3.83. The topological polar surface area (TPSA) is 99.8 Å². The largest absolute Gasteiger partial charge is 0.477 e. The lowest BCUT2D eigenvalue weighted by molar-refractivity contribution is -0.128. The molecule has 1 heterocycles. The third-order valence-electron chi connectivity index (χ3n) is 5.51. The van der Waals surface area contributed by atoms with Crippen LogP contribution in [0.3, 0.4) is 0 Å². The number of rotatable bonds is 8. The number of para-hydroxylation sites is 4. The van der Waals surface area contributed by atoms with Gasteiger partial charge >= 0.3 is 0 Å². The summed E-state index contributed by atoms with van der Waals surface area (Å²) >= 11 is 0. The summed E-state index contributed by atoms with van der Waals surface area (Å²) < 4.78 is 5.89. The van der Waals surface area contributed by atoms with Crippen molar-refractivity contribution >= 4 is 34.8 Å². The van der Waals surface area contributed by atoms with Crippen molar-refractivity contribution in [2.45, 2.75) is 19.4 Å². The third-order valence-corrected chi connectivity index (χ3v) is 5.51. The van der Waals surface area contributed by atoms with E-state index in [4.69, 9.17) is 4.74 Å². The van der Waals surface area contributed by atoms with Gasteiger partial charge in [0.05, 0.1) is 30.0 Å². The van der Waals surface area contributed by atoms with E-state index in [2.05, 4.69) is 16.0 Å². The van der Waals surface area contributed by atoms with Crippen LogP contribution >= 0.6 is 0 Å². The summed E-state index contributed by atoms with van der Waals surface area (Å²) in [4.78, 5) is 40.3. The molecule has 0 spiro atoms. The van der Waals surface area contributed by atoms with Crippen LogP contribution in [0.15, 0.2) is 78.9 Å². The summed E-state index contributed by atoms with van der Waals surface area (Å²) in [6.07, 6.45) is 0.0894. The average Bonchev–Trinajstić information content (AvgIpc) is 2.88. The molecule has 1 atom stereocenters. The zero-order valence-electron chi connectivity index (χ0n) is 19.5. The van der Waals surface area contributed by atoms with Crippen molar-refractivity contribution in [3.8, 4) is 5.75 Å². The Morgan fingerprint density at radius 2 is 1.63 bits per heavy atom. The number of carbonyl (C=O) groups is 3. The molecule has 3 amide bonds. The first kappa shape index (κ1) is 23.8. The summed E-state index contributed by atoms with van der Waals surface area (Å²) in [5, 5.41) is 8.54. The Hall–Kier alpha value is -4.33. The number of hydrogen-bond donors (Lipinski definition) is 3. The van der Waals surface area contributed by atoms with E-state index in [1.54, 1.807) is 42.5 Å². The highest BCUT2D eigenvalue weighted by molar-refractivity contribution is 6.10. The van der Waals surface area contributed by atoms with Crippen LogP contribution in [-0.2, 0) is 9.59 Å². The number of fused-ring (bicyclic) bond motifs is 1. The molecule has 8 nitrogen and oxygen atoms in total. The average molecular weight is 473 g/mol. The molecule has 0 unspecified atom stereocenters. The van der Waals surface area contributed by atoms with Gasteiger partial charge < -0.3 is 25.6 Å². The molecule has 180 valence electrons. The van der Waals surface area contributed by atoms with Crippen molar-refractivity contribution in [3.05, 3.63) is 84.4 Å². The SMILES string of the molecule is CCCNC(=O)[C@@H]1CN(CC(=O)Nc2ccccc2C(=O)Nc2ccccc2)c2ccccc2O1. The Balaban J connectivity index is 1.47. The Morgan fingerprint density at radius 1 is 0.914 bits per heavy atom. The third kappa shape index (κ3) is 5.97. The minimum atomic E-state index is -0.729. The van der Waals surface area contributed by atoms with Crippen molar-refractivity contribution in [2.24, 2.45) is 0 Å². The number of anilines is 3. The Morgan fingerprint density at radius 3 is 2.43 bits per heavy atom. The summed E-state index contributed by atoms with van der Waals surface area (Å²) in [7, 11) is 0. The minimum Gasteiger partial charge on any atom is -0.477 e. The number of nitrogens with one attached hydrogen (secondary N) is 3. The van der Waals surface area contributed by atoms with Gasteiger partial charge in [0.1, 0.15) is 5.75 Å². The van der Waals surface area contributed by atoms with E-state index in [9.17, 15) is 14.4 Å². The molecule has 3 aromatic rings. The fourth-order valence-electron chi connectivity index (χ4n) is 3.83. The second-order valence-corrected chi connectivity index (χ2v) is 8.16. The molecule has 0 aliphatic carbocycles. The van der Waals surface area contributed by atoms with Crippen LogP contribution in [0.1, 0.15) is 23.7 Å². The smallest absolute Gasteiger partial charge is 0.262 e. The lowest BCUT2D eigenvalue weighted by Gasteiger charge is -2.35. The molecule has 1 aliphatic rings. The highest BCUT2D eigenvalue weighted by atomic mass is 16.5. The second-order valence-electron chi connectivity index (χ2n) is 8.16. The van der Waals surface area contributed by atoms with E-state index in [0.717, 1.165) is 12.1 Å². The first-order chi connectivity index (χ1) is 17.0. The lowest BCUT2D eigenvalue weighted by atomic mass is 10.1. The van der Waals surface area contributed by atoms with Gasteiger partial charge in [0.2, 0.25) is 5.91 Å². The Kier molecular flexibility index (Phi) is 7.62. The van der Waals surface area contributed by atoms with Gasteiger partial charge in [-0.05, 0) is 42.8 Å². The van der Waals surface area contributed by atoms with E-state index in [-0.39, 0.29) is 30.8 Å². The van der Waals surface area contributed by atoms with Crippen LogP contribution in [-0.4, -0.2) is 43.5 Å². The summed E-state index contributed by atoms with van der Waals surface area (Å²) in [6.45, 7) is 2.76. The molecule has 0 fully saturated rings. The van der Waals surface area contributed by atoms with Crippen molar-refractivity contribution in [1.29, 1.82) is 0 Å². The van der Waals surface area contributed by atoms with Gasteiger partial charge in [-0.15, -0.1) is 0 Å². The quantitative estimate of drug-likeness (QED) is 0.465. The predicted molar refractivity (Wildman–Crippen MR) is 136 cm³/mol. The van der Waals surface area contributed by atoms with E-state index in [1.165, 1.54) is 0 Å². The summed E-state index contributed by atoms with van der Waals surface area (Å²) in [5.41, 5.74) is 2.15. The molecular formula is C27H28N4O4. The van der Waals surface area contributed by atoms with Gasteiger partial charge in [0, 0.05) is 12.2 Å². The second kappa shape index (κ2) is 11.2. The van der Waals surface area contributed by atoms with Gasteiger partial charge in [-0.3, -0.25) is 14.4 Å². The van der Waals surface area contributed by atoms with E-state index < -0.39 is 6.10 Å². The van der Waals surface area contributed by atoms with Gasteiger partial charge in [0.25, 0.3) is 11.8 Å². The molecule has 0 radical (unpaired) electrons. The first-order valence-electron chi connectivity index (χ1n) is 11.6. The number of benzene rings is 3. The van der Waals surface area contributed by atoms with Gasteiger partial charge in [-0.1, -0.05) is 49.4 Å². The number of amides is 3. The normalized spacial score (nSPS) is 14.3. The molecule has 3 aromatic carbocycles. The number of nitrogens with zero attached hydrogens (tertiary/aromatic N) is 1. The molecule has 8 heteroatoms. The molecular weight excluding hydrogens is 444 g/mol. The predicted octanol–water partition coefficient (Wildman–Crippen LogP) is 3.67. The maximum atomic E-state index is 13.0. The molecule has 4 rings (SSSR count). The van der Waals surface area contributed by atoms with Crippen molar-refractivity contribution < 1.29 is 19.1 Å². The minimum absolute atomic E-state index is 0.00737. The standard InChI is InChI=1S/C27H28N4O4/c1-2-16-28-27(34)24-17-31(22-14-8-9-15-23(22)35-24)18-25(32)30-21-13-7-6-12-20(21)26(33)29-19-10-4-3-5-11-19/h3-15,24H,2,16-18H2,1H3,(H,28,34)(H,29,33)(H,30,32)/t24-/m0/s1. The van der Waals surface area contributed by atoms with Crippen molar-refractivity contribution in [1.82, 2.24) is 5.32 Å². The molecule has 0 saturated carbocycles. The number of hydrogen-bond acceptors (Lipinski definition) is 5. The molecule has 0 saturated heterocycles. The molecule has 1 aliphatic heterocycles. The van der Waals surface area contributed by atoms with E-state index >= 15 is 0 Å². The lowest BCUT2D eigenvalue weighted by Crippen LogP contribution is -2.50.